The van der Waals surface area contributed by atoms with Crippen LogP contribution < -0.4 is 5.32 Å². The topological polar surface area (TPSA) is 99.0 Å². The van der Waals surface area contributed by atoms with E-state index in [-0.39, 0.29) is 22.0 Å². The fourth-order valence-electron chi connectivity index (χ4n) is 1.43. The van der Waals surface area contributed by atoms with E-state index in [1.807, 2.05) is 0 Å². The van der Waals surface area contributed by atoms with E-state index in [2.05, 4.69) is 5.32 Å². The van der Waals surface area contributed by atoms with Crippen LogP contribution in [-0.2, 0) is 9.53 Å². The second-order valence-electron chi connectivity index (χ2n) is 3.34. The molecule has 0 aromatic heterocycles. The van der Waals surface area contributed by atoms with Crippen LogP contribution in [0, 0.1) is 0 Å². The summed E-state index contributed by atoms with van der Waals surface area (Å²) >= 11 is 0. The second-order valence-corrected chi connectivity index (χ2v) is 3.34. The molecule has 0 bridgehead atoms. The van der Waals surface area contributed by atoms with Crippen molar-refractivity contribution in [2.45, 2.75) is 31.3 Å². The highest BCUT2D eigenvalue weighted by molar-refractivity contribution is 5.73. The lowest BCUT2D eigenvalue weighted by Crippen LogP contribution is -2.59. The molecule has 0 saturated carbocycles. The van der Waals surface area contributed by atoms with Crippen molar-refractivity contribution in [3.8, 4) is 0 Å². The summed E-state index contributed by atoms with van der Waals surface area (Å²) < 4.78 is 5.05. The van der Waals surface area contributed by atoms with Gasteiger partial charge in [-0.2, -0.15) is 0 Å². The Labute approximate surface area is 84.5 Å². The lowest BCUT2D eigenvalue weighted by molar-refractivity contribution is -0.164. The average Bonchev–Trinajstić information content (AvgIpc) is 2.13. The Bertz CT molecular complexity index is 219. The maximum absolute atomic E-state index is 10.7. The van der Waals surface area contributed by atoms with Crippen LogP contribution in [0.15, 0.2) is 0 Å². The molecular formula is C8H17NO5+2. The van der Waals surface area contributed by atoms with Crippen molar-refractivity contribution < 1.29 is 27.7 Å². The molecule has 1 heterocycles. The van der Waals surface area contributed by atoms with Crippen LogP contribution in [0.3, 0.4) is 0 Å². The summed E-state index contributed by atoms with van der Waals surface area (Å²) in [5, 5.41) is 30.2. The predicted octanol–water partition coefficient (Wildman–Crippen LogP) is -2.17. The Kier molecular flexibility index (Phi) is 3.82. The van der Waals surface area contributed by atoms with E-state index in [4.69, 9.17) is 9.84 Å². The van der Waals surface area contributed by atoms with Crippen molar-refractivity contribution in [1.29, 1.82) is 0 Å². The molecule has 0 unspecified atom stereocenters. The number of carbonyl (C=O) groups is 1. The summed E-state index contributed by atoms with van der Waals surface area (Å²) in [6, 6.07) is -0.620. The van der Waals surface area contributed by atoms with Crippen molar-refractivity contribution in [3.05, 3.63) is 0 Å². The molecule has 0 radical (unpaired) electrons. The van der Waals surface area contributed by atoms with Crippen LogP contribution in [0.2, 0.25) is 0 Å². The van der Waals surface area contributed by atoms with Crippen LogP contribution in [0.25, 0.3) is 0 Å². The van der Waals surface area contributed by atoms with Gasteiger partial charge in [0.05, 0.1) is 19.3 Å². The third kappa shape index (κ3) is 2.42. The molecular weight excluding hydrogens is 190 g/mol. The van der Waals surface area contributed by atoms with Gasteiger partial charge in [0.25, 0.3) is 0 Å². The van der Waals surface area contributed by atoms with Gasteiger partial charge in [0.2, 0.25) is 5.91 Å². The third-order valence-corrected chi connectivity index (χ3v) is 2.20. The Morgan fingerprint density at radius 2 is 2.21 bits per heavy atom. The molecule has 4 N–H and O–H groups in total. The van der Waals surface area contributed by atoms with E-state index in [1.54, 1.807) is 0 Å². The molecule has 1 fully saturated rings. The van der Waals surface area contributed by atoms with Gasteiger partial charge < -0.3 is 25.4 Å². The van der Waals surface area contributed by atoms with Gasteiger partial charge in [-0.1, -0.05) is 0 Å². The van der Waals surface area contributed by atoms with Gasteiger partial charge in [0, 0.05) is 6.92 Å². The van der Waals surface area contributed by atoms with Gasteiger partial charge in [-0.3, -0.25) is 4.79 Å². The molecule has 6 nitrogen and oxygen atoms in total. The van der Waals surface area contributed by atoms with E-state index in [1.165, 1.54) is 6.92 Å². The molecule has 6 heteroatoms. The highest BCUT2D eigenvalue weighted by Crippen LogP contribution is 2.14. The zero-order chi connectivity index (χ0) is 10.7. The number of rotatable bonds is 2. The molecule has 82 valence electrons. The average molecular weight is 207 g/mol. The molecule has 0 aromatic rings. The van der Waals surface area contributed by atoms with Crippen molar-refractivity contribution in [2.75, 3.05) is 13.2 Å². The van der Waals surface area contributed by atoms with E-state index >= 15 is 0 Å². The zero-order valence-electron chi connectivity index (χ0n) is 9.88. The molecule has 4 atom stereocenters. The number of amides is 1. The third-order valence-electron chi connectivity index (χ3n) is 2.20. The molecule has 1 aliphatic heterocycles. The minimum atomic E-state index is -1.18. The van der Waals surface area contributed by atoms with Gasteiger partial charge in [0.1, 0.15) is 18.3 Å². The predicted molar refractivity (Wildman–Crippen MR) is 48.7 cm³/mol. The number of aliphatic hydroxyl groups excluding tert-OH is 3. The monoisotopic (exact) mass is 207 g/mol. The van der Waals surface area contributed by atoms with Crippen LogP contribution >= 0.6 is 0 Å². The summed E-state index contributed by atoms with van der Waals surface area (Å²) in [4.78, 5) is 10.7. The summed E-state index contributed by atoms with van der Waals surface area (Å²) in [6.07, 6.45) is -3.06. The molecule has 1 rings (SSSR count). The Hall–Kier alpha value is -0.690. The maximum Gasteiger partial charge on any atom is 1.00 e. The van der Waals surface area contributed by atoms with Crippen LogP contribution in [0.4, 0.5) is 0 Å². The first-order valence-electron chi connectivity index (χ1n) is 4.42. The lowest BCUT2D eigenvalue weighted by Gasteiger charge is -2.36. The molecule has 1 amide bonds. The number of carbonyl (C=O) groups excluding carboxylic acids is 1. The van der Waals surface area contributed by atoms with Crippen molar-refractivity contribution in [1.82, 2.24) is 5.32 Å². The van der Waals surface area contributed by atoms with Crippen LogP contribution in [0.1, 0.15) is 9.78 Å². The van der Waals surface area contributed by atoms with Gasteiger partial charge in [0.15, 0.2) is 0 Å². The summed E-state index contributed by atoms with van der Waals surface area (Å²) in [5.74, 6) is -0.299. The standard InChI is InChI=1S/C8H15NO5/c1-4(11)9-5-3-14-6(2-10)8(13)7(5)12/h5-8,10,12-13H,2-3H2,1H3,(H,9,11)/p+2/t5-,6+,7+,8+/m0/s1. The first-order valence-corrected chi connectivity index (χ1v) is 4.42. The Morgan fingerprint density at radius 3 is 2.71 bits per heavy atom. The summed E-state index contributed by atoms with van der Waals surface area (Å²) in [6.45, 7) is 1.05. The zero-order valence-corrected chi connectivity index (χ0v) is 7.88. The summed E-state index contributed by atoms with van der Waals surface area (Å²) in [5.41, 5.74) is 0. The molecule has 1 saturated heterocycles. The number of hydrogen-bond acceptors (Lipinski definition) is 5. The molecule has 0 spiro atoms. The first kappa shape index (κ1) is 11.4. The largest absolute Gasteiger partial charge is 1.00 e. The van der Waals surface area contributed by atoms with Crippen molar-refractivity contribution in [2.24, 2.45) is 0 Å². The van der Waals surface area contributed by atoms with Crippen molar-refractivity contribution >= 4 is 5.91 Å². The van der Waals surface area contributed by atoms with Gasteiger partial charge in [-0.15, -0.1) is 0 Å². The molecule has 0 aliphatic carbocycles. The van der Waals surface area contributed by atoms with E-state index in [0.717, 1.165) is 0 Å². The number of nitrogens with one attached hydrogen (secondary N) is 1. The van der Waals surface area contributed by atoms with E-state index in [9.17, 15) is 15.0 Å². The molecule has 0 aromatic carbocycles. The minimum absolute atomic E-state index is 0. The second kappa shape index (κ2) is 4.70. The van der Waals surface area contributed by atoms with E-state index < -0.39 is 24.4 Å². The first-order chi connectivity index (χ1) is 6.56. The minimum Gasteiger partial charge on any atom is -0.394 e. The van der Waals surface area contributed by atoms with Gasteiger partial charge in [-0.25, -0.2) is 0 Å². The molecule has 1 aliphatic rings. The highest BCUT2D eigenvalue weighted by Gasteiger charge is 2.38. The quantitative estimate of drug-likeness (QED) is 0.413. The maximum atomic E-state index is 10.7. The number of aliphatic hydroxyl groups is 3. The Balaban J connectivity index is 0. The van der Waals surface area contributed by atoms with Crippen LogP contribution in [0.5, 0.6) is 0 Å². The van der Waals surface area contributed by atoms with Gasteiger partial charge >= 0.3 is 2.85 Å². The fourth-order valence-corrected chi connectivity index (χ4v) is 1.43. The smallest absolute Gasteiger partial charge is 0.394 e. The van der Waals surface area contributed by atoms with Crippen molar-refractivity contribution in [3.63, 3.8) is 0 Å². The fraction of sp³-hybridized carbons (Fsp3) is 0.875. The highest BCUT2D eigenvalue weighted by atomic mass is 16.5. The normalized spacial score (nSPS) is 38.0. The van der Waals surface area contributed by atoms with Crippen LogP contribution in [-0.4, -0.2) is 58.8 Å². The number of ether oxygens (including phenoxy) is 1. The summed E-state index contributed by atoms with van der Waals surface area (Å²) in [7, 11) is 0. The van der Waals surface area contributed by atoms with Gasteiger partial charge in [-0.05, 0) is 0 Å². The SMILES string of the molecule is CC(=O)N[C@H]1CO[C@H](CO)[C@@H](O)[C@@H]1O.[H+].[H+]. The van der Waals surface area contributed by atoms with E-state index in [0.29, 0.717) is 0 Å². The number of hydrogen-bond donors (Lipinski definition) is 4. The Morgan fingerprint density at radius 1 is 1.57 bits per heavy atom. The lowest BCUT2D eigenvalue weighted by atomic mass is 9.98. The molecule has 14 heavy (non-hydrogen) atoms.